The Balaban J connectivity index is 1.58. The van der Waals surface area contributed by atoms with Gasteiger partial charge >= 0.3 is 0 Å². The van der Waals surface area contributed by atoms with Crippen LogP contribution in [0.3, 0.4) is 0 Å². The van der Waals surface area contributed by atoms with Crippen molar-refractivity contribution in [2.45, 2.75) is 26.7 Å². The smallest absolute Gasteiger partial charge is 0.178 e. The molecule has 0 atom stereocenters. The predicted octanol–water partition coefficient (Wildman–Crippen LogP) is 7.64. The van der Waals surface area contributed by atoms with Crippen molar-refractivity contribution in [3.63, 3.8) is 0 Å². The second-order valence-corrected chi connectivity index (χ2v) is 9.43. The molecule has 2 N–H and O–H groups in total. The van der Waals surface area contributed by atoms with Crippen molar-refractivity contribution in [3.8, 4) is 39.7 Å². The molecule has 0 radical (unpaired) electrons. The van der Waals surface area contributed by atoms with Gasteiger partial charge in [0.05, 0.1) is 11.1 Å². The summed E-state index contributed by atoms with van der Waals surface area (Å²) in [6, 6.07) is 30.5. The molecular formula is C32H29ClN2O4. The fraction of sp³-hybridized carbons (Fsp3) is 0.156. The van der Waals surface area contributed by atoms with Crippen molar-refractivity contribution in [1.29, 1.82) is 0 Å². The summed E-state index contributed by atoms with van der Waals surface area (Å²) in [4.78, 5) is 0. The fourth-order valence-corrected chi connectivity index (χ4v) is 4.44. The van der Waals surface area contributed by atoms with Gasteiger partial charge in [0.25, 0.3) is 0 Å². The van der Waals surface area contributed by atoms with Crippen molar-refractivity contribution < 1.29 is 19.1 Å². The topological polar surface area (TPSA) is 76.8 Å². The van der Waals surface area contributed by atoms with Crippen molar-refractivity contribution in [2.75, 3.05) is 6.54 Å². The van der Waals surface area contributed by atoms with Crippen LogP contribution in [0.1, 0.15) is 23.7 Å². The van der Waals surface area contributed by atoms with Gasteiger partial charge in [-0.25, -0.2) is 0 Å². The summed E-state index contributed by atoms with van der Waals surface area (Å²) in [6.07, 6.45) is 0. The number of phenols is 1. The van der Waals surface area contributed by atoms with Gasteiger partial charge in [-0.2, -0.15) is 0 Å². The van der Waals surface area contributed by atoms with Gasteiger partial charge in [0.2, 0.25) is 0 Å². The Kier molecular flexibility index (Phi) is 8.46. The number of halogens is 1. The summed E-state index contributed by atoms with van der Waals surface area (Å²) in [5.74, 6) is 1.24. The van der Waals surface area contributed by atoms with Gasteiger partial charge in [-0.1, -0.05) is 96.5 Å². The highest BCUT2D eigenvalue weighted by molar-refractivity contribution is 6.30. The van der Waals surface area contributed by atoms with Gasteiger partial charge < -0.3 is 24.4 Å². The molecule has 0 spiro atoms. The molecular weight excluding hydrogens is 512 g/mol. The van der Waals surface area contributed by atoms with E-state index in [1.165, 1.54) is 0 Å². The Labute approximate surface area is 232 Å². The van der Waals surface area contributed by atoms with Gasteiger partial charge in [-0.3, -0.25) is 0 Å². The molecule has 0 aliphatic heterocycles. The van der Waals surface area contributed by atoms with Crippen LogP contribution in [0.5, 0.6) is 17.2 Å². The Morgan fingerprint density at radius 3 is 2.13 bits per heavy atom. The van der Waals surface area contributed by atoms with Crippen LogP contribution < -0.4 is 14.8 Å². The van der Waals surface area contributed by atoms with Gasteiger partial charge in [-0.15, -0.1) is 0 Å². The van der Waals surface area contributed by atoms with E-state index >= 15 is 0 Å². The molecule has 0 aliphatic carbocycles. The van der Waals surface area contributed by atoms with Crippen LogP contribution in [0, 0.1) is 0 Å². The first-order valence-electron chi connectivity index (χ1n) is 12.8. The maximum Gasteiger partial charge on any atom is 0.178 e. The molecule has 4 aromatic carbocycles. The van der Waals surface area contributed by atoms with E-state index in [4.69, 9.17) is 25.6 Å². The zero-order valence-corrected chi connectivity index (χ0v) is 22.3. The lowest BCUT2D eigenvalue weighted by Crippen LogP contribution is -2.12. The average molecular weight is 541 g/mol. The van der Waals surface area contributed by atoms with E-state index in [-0.39, 0.29) is 5.75 Å². The molecule has 0 amide bonds. The van der Waals surface area contributed by atoms with E-state index in [1.54, 1.807) is 12.1 Å². The van der Waals surface area contributed by atoms with E-state index in [0.717, 1.165) is 34.5 Å². The molecule has 0 fully saturated rings. The summed E-state index contributed by atoms with van der Waals surface area (Å²) >= 11 is 6.35. The largest absolute Gasteiger partial charge is 0.504 e. The number of hydrogen-bond donors (Lipinski definition) is 2. The van der Waals surface area contributed by atoms with Crippen LogP contribution in [-0.2, 0) is 19.8 Å². The van der Waals surface area contributed by atoms with E-state index < -0.39 is 0 Å². The normalized spacial score (nSPS) is 10.9. The van der Waals surface area contributed by atoms with Crippen LogP contribution in [0.25, 0.3) is 22.5 Å². The van der Waals surface area contributed by atoms with Gasteiger partial charge in [0, 0.05) is 17.6 Å². The Morgan fingerprint density at radius 2 is 1.49 bits per heavy atom. The minimum atomic E-state index is -0.0327. The van der Waals surface area contributed by atoms with E-state index in [2.05, 4.69) is 10.5 Å². The first-order chi connectivity index (χ1) is 19.1. The number of benzene rings is 4. The van der Waals surface area contributed by atoms with Crippen molar-refractivity contribution in [3.05, 3.63) is 119 Å². The first kappa shape index (κ1) is 26.4. The lowest BCUT2D eigenvalue weighted by atomic mass is 9.98. The predicted molar refractivity (Wildman–Crippen MR) is 153 cm³/mol. The third kappa shape index (κ3) is 6.42. The van der Waals surface area contributed by atoms with E-state index in [0.29, 0.717) is 47.6 Å². The summed E-state index contributed by atoms with van der Waals surface area (Å²) < 4.78 is 18.2. The lowest BCUT2D eigenvalue weighted by molar-refractivity contribution is 0.278. The summed E-state index contributed by atoms with van der Waals surface area (Å²) in [7, 11) is 0. The molecule has 5 aromatic rings. The fourth-order valence-electron chi connectivity index (χ4n) is 4.25. The molecule has 39 heavy (non-hydrogen) atoms. The van der Waals surface area contributed by atoms with Crippen LogP contribution >= 0.6 is 11.6 Å². The Morgan fingerprint density at radius 1 is 0.821 bits per heavy atom. The molecule has 1 heterocycles. The standard InChI is InChI=1S/C32H29ClN2O4/c1-2-34-19-27-31(24-14-9-15-25(33)16-24)32(39-35-27)26-17-28(36)30(38-21-23-12-7-4-8-13-23)18-29(26)37-20-22-10-5-3-6-11-22/h3-18,34,36H,2,19-21H2,1H3. The molecule has 0 aliphatic rings. The molecule has 5 rings (SSSR count). The second kappa shape index (κ2) is 12.5. The van der Waals surface area contributed by atoms with Crippen molar-refractivity contribution >= 4 is 11.6 Å². The highest BCUT2D eigenvalue weighted by Gasteiger charge is 2.24. The molecule has 1 aromatic heterocycles. The highest BCUT2D eigenvalue weighted by Crippen LogP contribution is 2.45. The maximum atomic E-state index is 11.0. The Bertz CT molecular complexity index is 1520. The third-order valence-corrected chi connectivity index (χ3v) is 6.43. The summed E-state index contributed by atoms with van der Waals surface area (Å²) in [5.41, 5.74) is 4.90. The summed E-state index contributed by atoms with van der Waals surface area (Å²) in [5, 5.41) is 19.3. The lowest BCUT2D eigenvalue weighted by Gasteiger charge is -2.15. The van der Waals surface area contributed by atoms with Crippen LogP contribution in [0.2, 0.25) is 5.02 Å². The number of nitrogens with one attached hydrogen (secondary N) is 1. The average Bonchev–Trinajstić information content (AvgIpc) is 3.39. The number of rotatable bonds is 11. The first-order valence-corrected chi connectivity index (χ1v) is 13.2. The molecule has 0 unspecified atom stereocenters. The van der Waals surface area contributed by atoms with Crippen molar-refractivity contribution in [2.24, 2.45) is 0 Å². The van der Waals surface area contributed by atoms with Crippen LogP contribution in [0.15, 0.2) is 102 Å². The molecule has 0 saturated carbocycles. The number of aromatic nitrogens is 1. The highest BCUT2D eigenvalue weighted by atomic mass is 35.5. The van der Waals surface area contributed by atoms with E-state index in [9.17, 15) is 5.11 Å². The minimum Gasteiger partial charge on any atom is -0.504 e. The zero-order valence-electron chi connectivity index (χ0n) is 21.6. The van der Waals surface area contributed by atoms with Crippen LogP contribution in [0.4, 0.5) is 0 Å². The number of hydrogen-bond acceptors (Lipinski definition) is 6. The number of ether oxygens (including phenoxy) is 2. The SMILES string of the molecule is CCNCc1noc(-c2cc(O)c(OCc3ccccc3)cc2OCc2ccccc2)c1-c1cccc(Cl)c1. The van der Waals surface area contributed by atoms with Gasteiger partial charge in [-0.05, 0) is 41.4 Å². The van der Waals surface area contributed by atoms with Crippen LogP contribution in [-0.4, -0.2) is 16.8 Å². The number of aromatic hydroxyl groups is 1. The van der Waals surface area contributed by atoms with Gasteiger partial charge in [0.1, 0.15) is 24.7 Å². The third-order valence-electron chi connectivity index (χ3n) is 6.20. The molecule has 7 heteroatoms. The second-order valence-electron chi connectivity index (χ2n) is 8.99. The zero-order chi connectivity index (χ0) is 27.0. The quantitative estimate of drug-likeness (QED) is 0.179. The molecule has 0 bridgehead atoms. The summed E-state index contributed by atoms with van der Waals surface area (Å²) in [6.45, 7) is 3.93. The maximum absolute atomic E-state index is 11.0. The molecule has 0 saturated heterocycles. The Hall–Kier alpha value is -4.26. The van der Waals surface area contributed by atoms with Gasteiger partial charge in [0.15, 0.2) is 17.3 Å². The number of nitrogens with zero attached hydrogens (tertiary/aromatic N) is 1. The molecule has 6 nitrogen and oxygen atoms in total. The molecule has 198 valence electrons. The number of phenolic OH excluding ortho intramolecular Hbond substituents is 1. The van der Waals surface area contributed by atoms with Crippen molar-refractivity contribution in [1.82, 2.24) is 10.5 Å². The van der Waals surface area contributed by atoms with E-state index in [1.807, 2.05) is 91.9 Å². The monoisotopic (exact) mass is 540 g/mol. The minimum absolute atomic E-state index is 0.0327.